The minimum absolute atomic E-state index is 0.0839. The molecular weight excluding hydrogens is 384 g/mol. The van der Waals surface area contributed by atoms with Crippen LogP contribution in [-0.2, 0) is 4.74 Å². The molecule has 0 aliphatic heterocycles. The molecular formula is C27H28N2O2. The van der Waals surface area contributed by atoms with E-state index in [-0.39, 0.29) is 12.0 Å². The first-order valence-electron chi connectivity index (χ1n) is 10.7. The number of alkyl carbamates (subject to hydrolysis) is 1. The van der Waals surface area contributed by atoms with Gasteiger partial charge in [0.15, 0.2) is 0 Å². The number of carbonyl (C=O) groups excluding carboxylic acids is 1. The summed E-state index contributed by atoms with van der Waals surface area (Å²) in [4.78, 5) is 14.3. The third-order valence-electron chi connectivity index (χ3n) is 5.64. The van der Waals surface area contributed by atoms with E-state index in [0.717, 1.165) is 12.0 Å². The predicted molar refractivity (Wildman–Crippen MR) is 127 cm³/mol. The summed E-state index contributed by atoms with van der Waals surface area (Å²) in [6.07, 6.45) is 4.54. The number of nitrogens with zero attached hydrogens (tertiary/aromatic N) is 1. The van der Waals surface area contributed by atoms with Crippen LogP contribution in [-0.4, -0.2) is 33.3 Å². The van der Waals surface area contributed by atoms with Crippen LogP contribution < -0.4 is 10.2 Å². The summed E-state index contributed by atoms with van der Waals surface area (Å²) in [5, 5.41) is 2.86. The molecule has 158 valence electrons. The van der Waals surface area contributed by atoms with E-state index in [1.54, 1.807) is 0 Å². The van der Waals surface area contributed by atoms with Crippen LogP contribution in [0.25, 0.3) is 17.2 Å². The lowest BCUT2D eigenvalue weighted by Crippen LogP contribution is -2.26. The first-order valence-corrected chi connectivity index (χ1v) is 10.7. The van der Waals surface area contributed by atoms with Crippen LogP contribution >= 0.6 is 0 Å². The Balaban J connectivity index is 1.28. The number of ether oxygens (including phenoxy) is 1. The van der Waals surface area contributed by atoms with Gasteiger partial charge in [-0.2, -0.15) is 0 Å². The number of rotatable bonds is 7. The van der Waals surface area contributed by atoms with Crippen molar-refractivity contribution < 1.29 is 9.53 Å². The van der Waals surface area contributed by atoms with Crippen molar-refractivity contribution in [2.24, 2.45) is 0 Å². The summed E-state index contributed by atoms with van der Waals surface area (Å²) in [7, 11) is 4.07. The highest BCUT2D eigenvalue weighted by molar-refractivity contribution is 5.79. The molecule has 0 saturated carbocycles. The lowest BCUT2D eigenvalue weighted by atomic mass is 9.98. The van der Waals surface area contributed by atoms with Crippen molar-refractivity contribution in [1.82, 2.24) is 5.32 Å². The second-order valence-corrected chi connectivity index (χ2v) is 7.90. The number of carbonyl (C=O) groups is 1. The maximum Gasteiger partial charge on any atom is 0.407 e. The second kappa shape index (κ2) is 9.52. The Morgan fingerprint density at radius 3 is 2.23 bits per heavy atom. The molecule has 0 heterocycles. The van der Waals surface area contributed by atoms with E-state index in [1.165, 1.54) is 27.9 Å². The van der Waals surface area contributed by atoms with Gasteiger partial charge in [0.25, 0.3) is 0 Å². The number of anilines is 1. The number of para-hydroxylation sites is 1. The maximum absolute atomic E-state index is 12.2. The minimum Gasteiger partial charge on any atom is -0.449 e. The number of benzene rings is 3. The monoisotopic (exact) mass is 412 g/mol. The van der Waals surface area contributed by atoms with Gasteiger partial charge in [-0.05, 0) is 40.3 Å². The number of hydrogen-bond acceptors (Lipinski definition) is 3. The third kappa shape index (κ3) is 4.64. The maximum atomic E-state index is 12.2. The quantitative estimate of drug-likeness (QED) is 0.507. The largest absolute Gasteiger partial charge is 0.449 e. The fraction of sp³-hybridized carbons (Fsp3) is 0.222. The molecule has 1 aliphatic carbocycles. The van der Waals surface area contributed by atoms with Crippen LogP contribution in [0.5, 0.6) is 0 Å². The summed E-state index contributed by atoms with van der Waals surface area (Å²) < 4.78 is 5.57. The van der Waals surface area contributed by atoms with Crippen molar-refractivity contribution in [3.05, 3.63) is 95.6 Å². The molecule has 0 spiro atoms. The van der Waals surface area contributed by atoms with Crippen LogP contribution in [0.4, 0.5) is 10.5 Å². The van der Waals surface area contributed by atoms with E-state index in [4.69, 9.17) is 4.74 Å². The average molecular weight is 413 g/mol. The van der Waals surface area contributed by atoms with Gasteiger partial charge in [-0.15, -0.1) is 0 Å². The summed E-state index contributed by atoms with van der Waals surface area (Å²) >= 11 is 0. The normalized spacial score (nSPS) is 12.5. The summed E-state index contributed by atoms with van der Waals surface area (Å²) in [6.45, 7) is 0.878. The molecule has 0 radical (unpaired) electrons. The molecule has 0 aromatic heterocycles. The van der Waals surface area contributed by atoms with Gasteiger partial charge in [-0.25, -0.2) is 4.79 Å². The van der Waals surface area contributed by atoms with E-state index in [0.29, 0.717) is 13.2 Å². The zero-order valence-electron chi connectivity index (χ0n) is 18.0. The van der Waals surface area contributed by atoms with Crippen LogP contribution in [0.15, 0.2) is 78.9 Å². The van der Waals surface area contributed by atoms with Gasteiger partial charge in [0.2, 0.25) is 0 Å². The predicted octanol–water partition coefficient (Wildman–Crippen LogP) is 5.69. The first kappa shape index (κ1) is 20.7. The SMILES string of the molecule is CN(C)c1ccccc1C=CCCNC(=O)OCC1c2ccccc2-c2ccccc21. The Morgan fingerprint density at radius 1 is 0.935 bits per heavy atom. The topological polar surface area (TPSA) is 41.6 Å². The Kier molecular flexibility index (Phi) is 6.37. The number of fused-ring (bicyclic) bond motifs is 3. The van der Waals surface area contributed by atoms with E-state index in [9.17, 15) is 4.79 Å². The van der Waals surface area contributed by atoms with Gasteiger partial charge in [0.05, 0.1) is 0 Å². The van der Waals surface area contributed by atoms with Crippen molar-refractivity contribution in [1.29, 1.82) is 0 Å². The Bertz CT molecular complexity index is 1040. The smallest absolute Gasteiger partial charge is 0.407 e. The highest BCUT2D eigenvalue weighted by Crippen LogP contribution is 2.44. The van der Waals surface area contributed by atoms with Crippen LogP contribution in [0, 0.1) is 0 Å². The lowest BCUT2D eigenvalue weighted by Gasteiger charge is -2.15. The summed E-state index contributed by atoms with van der Waals surface area (Å²) in [5.41, 5.74) is 7.24. The second-order valence-electron chi connectivity index (χ2n) is 7.90. The minimum atomic E-state index is -0.371. The molecule has 4 rings (SSSR count). The molecule has 3 aromatic carbocycles. The van der Waals surface area contributed by atoms with E-state index in [2.05, 4.69) is 70.9 Å². The fourth-order valence-corrected chi connectivity index (χ4v) is 4.15. The molecule has 1 amide bonds. The van der Waals surface area contributed by atoms with Gasteiger partial charge in [0, 0.05) is 32.2 Å². The molecule has 0 atom stereocenters. The van der Waals surface area contributed by atoms with Gasteiger partial charge in [0.1, 0.15) is 6.61 Å². The standard InChI is InChI=1S/C27H28N2O2/c1-29(2)26-17-8-3-11-20(26)12-9-10-18-28-27(30)31-19-25-23-15-6-4-13-21(23)22-14-5-7-16-24(22)25/h3-9,11-17,25H,10,18-19H2,1-2H3,(H,28,30). The Hall–Kier alpha value is -3.53. The highest BCUT2D eigenvalue weighted by Gasteiger charge is 2.28. The van der Waals surface area contributed by atoms with Gasteiger partial charge < -0.3 is 15.0 Å². The Labute approximate surface area is 184 Å². The van der Waals surface area contributed by atoms with Gasteiger partial charge in [-0.3, -0.25) is 0 Å². The average Bonchev–Trinajstić information content (AvgIpc) is 3.11. The molecule has 4 nitrogen and oxygen atoms in total. The summed E-state index contributed by atoms with van der Waals surface area (Å²) in [5.74, 6) is 0.0839. The molecule has 1 N–H and O–H groups in total. The molecule has 3 aromatic rings. The number of amides is 1. The van der Waals surface area contributed by atoms with Crippen molar-refractivity contribution in [3.8, 4) is 11.1 Å². The Morgan fingerprint density at radius 2 is 1.55 bits per heavy atom. The molecule has 0 fully saturated rings. The van der Waals surface area contributed by atoms with Crippen LogP contribution in [0.2, 0.25) is 0 Å². The molecule has 0 bridgehead atoms. The molecule has 0 unspecified atom stereocenters. The highest BCUT2D eigenvalue weighted by atomic mass is 16.5. The molecule has 4 heteroatoms. The molecule has 1 aliphatic rings. The van der Waals surface area contributed by atoms with Gasteiger partial charge >= 0.3 is 6.09 Å². The van der Waals surface area contributed by atoms with Crippen LogP contribution in [0.1, 0.15) is 29.0 Å². The van der Waals surface area contributed by atoms with E-state index >= 15 is 0 Å². The summed E-state index contributed by atoms with van der Waals surface area (Å²) in [6, 6.07) is 24.9. The lowest BCUT2D eigenvalue weighted by molar-refractivity contribution is 0.143. The fourth-order valence-electron chi connectivity index (χ4n) is 4.15. The van der Waals surface area contributed by atoms with E-state index < -0.39 is 0 Å². The van der Waals surface area contributed by atoms with Crippen LogP contribution in [0.3, 0.4) is 0 Å². The zero-order chi connectivity index (χ0) is 21.6. The third-order valence-corrected chi connectivity index (χ3v) is 5.64. The van der Waals surface area contributed by atoms with Crippen molar-refractivity contribution >= 4 is 17.9 Å². The molecule has 0 saturated heterocycles. The van der Waals surface area contributed by atoms with Gasteiger partial charge in [-0.1, -0.05) is 78.9 Å². The molecule has 31 heavy (non-hydrogen) atoms. The van der Waals surface area contributed by atoms with Crippen molar-refractivity contribution in [3.63, 3.8) is 0 Å². The van der Waals surface area contributed by atoms with Crippen molar-refractivity contribution in [2.75, 3.05) is 32.1 Å². The number of hydrogen-bond donors (Lipinski definition) is 1. The first-order chi connectivity index (χ1) is 15.1. The van der Waals surface area contributed by atoms with E-state index in [1.807, 2.05) is 38.4 Å². The number of nitrogens with one attached hydrogen (secondary N) is 1. The zero-order valence-corrected chi connectivity index (χ0v) is 18.0. The van der Waals surface area contributed by atoms with Crippen molar-refractivity contribution in [2.45, 2.75) is 12.3 Å².